The van der Waals surface area contributed by atoms with Crippen molar-refractivity contribution >= 4 is 39.5 Å². The third kappa shape index (κ3) is 76.6. The van der Waals surface area contributed by atoms with Crippen LogP contribution in [0.25, 0.3) is 0 Å². The van der Waals surface area contributed by atoms with Crippen molar-refractivity contribution in [2.45, 2.75) is 470 Å². The van der Waals surface area contributed by atoms with Crippen molar-refractivity contribution in [2.24, 2.45) is 5.92 Å². The lowest BCUT2D eigenvalue weighted by Gasteiger charge is -2.21. The van der Waals surface area contributed by atoms with Crippen LogP contribution in [-0.2, 0) is 65.4 Å². The number of phosphoric acid groups is 2. The lowest BCUT2D eigenvalue weighted by atomic mass is 10.00. The molecule has 0 aromatic heterocycles. The van der Waals surface area contributed by atoms with Gasteiger partial charge in [-0.05, 0) is 31.6 Å². The first-order chi connectivity index (χ1) is 50.1. The highest BCUT2D eigenvalue weighted by Gasteiger charge is 2.30. The van der Waals surface area contributed by atoms with Crippen LogP contribution in [-0.4, -0.2) is 96.7 Å². The molecule has 0 radical (unpaired) electrons. The van der Waals surface area contributed by atoms with E-state index in [0.29, 0.717) is 25.7 Å². The summed E-state index contributed by atoms with van der Waals surface area (Å²) in [5.41, 5.74) is 0. The Morgan fingerprint density at radius 3 is 0.689 bits per heavy atom. The molecule has 0 aliphatic rings. The number of hydrogen-bond acceptors (Lipinski definition) is 15. The van der Waals surface area contributed by atoms with Crippen LogP contribution in [0, 0.1) is 5.92 Å². The van der Waals surface area contributed by atoms with E-state index < -0.39 is 97.5 Å². The fourth-order valence-electron chi connectivity index (χ4n) is 13.1. The molecule has 0 aromatic carbocycles. The summed E-state index contributed by atoms with van der Waals surface area (Å²) in [7, 11) is -9.92. The van der Waals surface area contributed by atoms with Crippen LogP contribution in [0.2, 0.25) is 0 Å². The van der Waals surface area contributed by atoms with Gasteiger partial charge in [-0.25, -0.2) is 9.13 Å². The van der Waals surface area contributed by atoms with Crippen LogP contribution in [0.3, 0.4) is 0 Å². The quantitative estimate of drug-likeness (QED) is 0.0222. The van der Waals surface area contributed by atoms with Crippen LogP contribution in [0.1, 0.15) is 452 Å². The van der Waals surface area contributed by atoms with E-state index in [1.807, 2.05) is 0 Å². The van der Waals surface area contributed by atoms with Crippen molar-refractivity contribution < 1.29 is 80.2 Å². The number of carbonyl (C=O) groups is 4. The van der Waals surface area contributed by atoms with Crippen molar-refractivity contribution in [3.8, 4) is 0 Å². The molecule has 0 aliphatic heterocycles. The second kappa shape index (κ2) is 76.8. The van der Waals surface area contributed by atoms with Crippen LogP contribution >= 0.6 is 15.6 Å². The standard InChI is InChI=1S/C84H164O17P2/c1-6-10-13-16-19-22-25-27-29-31-33-35-36-38-40-42-44-47-50-53-60-65-70-84(89)100-79(73-94-81(86)67-62-57-51-48-46-43-41-39-37-34-32-30-28-26-23-20-17-14-11-7-2)75-98-102(90,91)96-71-78(85)72-97-103(92,93)99-76-80(74-95-82(87)68-63-58-55-54-56-61-66-77(5)9-4)101-83(88)69-64-59-52-49-45-24-21-18-15-12-8-3/h77-80,85H,6-76H2,1-5H3,(H,90,91)(H,92,93)/t77?,78-,79-,80-/m1/s1. The van der Waals surface area contributed by atoms with E-state index >= 15 is 0 Å². The molecule has 3 N–H and O–H groups in total. The Kier molecular flexibility index (Phi) is 75.4. The zero-order chi connectivity index (χ0) is 75.5. The summed E-state index contributed by atoms with van der Waals surface area (Å²) in [5, 5.41) is 10.6. The predicted octanol–water partition coefficient (Wildman–Crippen LogP) is 25.6. The largest absolute Gasteiger partial charge is 0.472 e. The van der Waals surface area contributed by atoms with Crippen molar-refractivity contribution in [1.29, 1.82) is 0 Å². The minimum Gasteiger partial charge on any atom is -0.462 e. The first kappa shape index (κ1) is 101. The third-order valence-electron chi connectivity index (χ3n) is 20.1. The average Bonchev–Trinajstić information content (AvgIpc) is 1.02. The topological polar surface area (TPSA) is 237 Å². The van der Waals surface area contributed by atoms with E-state index in [0.717, 1.165) is 102 Å². The second-order valence-electron chi connectivity index (χ2n) is 30.5. The summed E-state index contributed by atoms with van der Waals surface area (Å²) >= 11 is 0. The minimum absolute atomic E-state index is 0.107. The predicted molar refractivity (Wildman–Crippen MR) is 423 cm³/mol. The van der Waals surface area contributed by atoms with E-state index in [2.05, 4.69) is 34.6 Å². The molecule has 0 aliphatic carbocycles. The van der Waals surface area contributed by atoms with Crippen molar-refractivity contribution in [3.63, 3.8) is 0 Å². The molecule has 19 heteroatoms. The molecule has 0 aromatic rings. The van der Waals surface area contributed by atoms with Gasteiger partial charge in [0.1, 0.15) is 19.3 Å². The van der Waals surface area contributed by atoms with Crippen molar-refractivity contribution in [1.82, 2.24) is 0 Å². The maximum atomic E-state index is 13.1. The molecule has 0 bridgehead atoms. The summed E-state index contributed by atoms with van der Waals surface area (Å²) in [6.45, 7) is 7.29. The van der Waals surface area contributed by atoms with Crippen molar-refractivity contribution in [3.05, 3.63) is 0 Å². The summed E-state index contributed by atoms with van der Waals surface area (Å²) in [6.07, 6.45) is 69.7. The van der Waals surface area contributed by atoms with Gasteiger partial charge in [-0.2, -0.15) is 0 Å². The molecule has 612 valence electrons. The smallest absolute Gasteiger partial charge is 0.462 e. The van der Waals surface area contributed by atoms with Gasteiger partial charge in [0.15, 0.2) is 12.2 Å². The van der Waals surface area contributed by atoms with E-state index in [1.54, 1.807) is 0 Å². The number of rotatable bonds is 84. The molecule has 3 unspecified atom stereocenters. The SMILES string of the molecule is CCCCCCCCCCCCCCCCCCCCCCCCC(=O)O[C@H](COC(=O)CCCCCCCCCCCCCCCCCCCCCC)COP(=O)(O)OC[C@@H](O)COP(=O)(O)OC[C@@H](COC(=O)CCCCCCCCC(C)CC)OC(=O)CCCCCCCCCCCCC. The van der Waals surface area contributed by atoms with E-state index in [-0.39, 0.29) is 25.7 Å². The Labute approximate surface area is 632 Å². The number of aliphatic hydroxyl groups excluding tert-OH is 1. The van der Waals surface area contributed by atoms with Crippen LogP contribution < -0.4 is 0 Å². The van der Waals surface area contributed by atoms with Gasteiger partial charge in [-0.15, -0.1) is 0 Å². The Morgan fingerprint density at radius 2 is 0.466 bits per heavy atom. The highest BCUT2D eigenvalue weighted by atomic mass is 31.2. The molecule has 0 rings (SSSR count). The summed E-state index contributed by atoms with van der Waals surface area (Å²) in [4.78, 5) is 73.0. The monoisotopic (exact) mass is 1510 g/mol. The highest BCUT2D eigenvalue weighted by Crippen LogP contribution is 2.45. The first-order valence-electron chi connectivity index (χ1n) is 43.7. The molecular weight excluding hydrogens is 1340 g/mol. The molecule has 6 atom stereocenters. The molecule has 0 amide bonds. The number of phosphoric ester groups is 2. The summed E-state index contributed by atoms with van der Waals surface area (Å²) in [6, 6.07) is 0. The van der Waals surface area contributed by atoms with Crippen LogP contribution in [0.4, 0.5) is 0 Å². The van der Waals surface area contributed by atoms with Gasteiger partial charge in [0.2, 0.25) is 0 Å². The third-order valence-corrected chi connectivity index (χ3v) is 22.0. The van der Waals surface area contributed by atoms with Gasteiger partial charge in [0.05, 0.1) is 26.4 Å². The van der Waals surface area contributed by atoms with Gasteiger partial charge in [-0.1, -0.05) is 401 Å². The summed E-state index contributed by atoms with van der Waals surface area (Å²) < 4.78 is 68.7. The van der Waals surface area contributed by atoms with Gasteiger partial charge in [-0.3, -0.25) is 37.3 Å². The van der Waals surface area contributed by atoms with Gasteiger partial charge >= 0.3 is 39.5 Å². The number of esters is 4. The van der Waals surface area contributed by atoms with Crippen molar-refractivity contribution in [2.75, 3.05) is 39.6 Å². The van der Waals surface area contributed by atoms with E-state index in [9.17, 15) is 43.2 Å². The number of carbonyl (C=O) groups excluding carboxylic acids is 4. The Balaban J connectivity index is 5.18. The fourth-order valence-corrected chi connectivity index (χ4v) is 14.7. The first-order valence-corrected chi connectivity index (χ1v) is 46.7. The maximum absolute atomic E-state index is 13.1. The molecule has 103 heavy (non-hydrogen) atoms. The molecule has 0 saturated heterocycles. The molecular formula is C84H164O17P2. The molecule has 0 fully saturated rings. The lowest BCUT2D eigenvalue weighted by Crippen LogP contribution is -2.30. The zero-order valence-corrected chi connectivity index (χ0v) is 69.3. The Hall–Kier alpha value is -1.94. The number of unbranched alkanes of at least 4 members (excludes halogenated alkanes) is 55. The molecule has 0 heterocycles. The molecule has 0 spiro atoms. The Bertz CT molecular complexity index is 1960. The average molecular weight is 1510 g/mol. The van der Waals surface area contributed by atoms with E-state index in [4.69, 9.17) is 37.0 Å². The highest BCUT2D eigenvalue weighted by molar-refractivity contribution is 7.47. The van der Waals surface area contributed by atoms with Crippen LogP contribution in [0.15, 0.2) is 0 Å². The number of hydrogen-bond donors (Lipinski definition) is 3. The minimum atomic E-state index is -4.96. The molecule has 17 nitrogen and oxygen atoms in total. The summed E-state index contributed by atoms with van der Waals surface area (Å²) in [5.74, 6) is -1.38. The fraction of sp³-hybridized carbons (Fsp3) is 0.952. The van der Waals surface area contributed by atoms with Gasteiger partial charge in [0, 0.05) is 25.7 Å². The Morgan fingerprint density at radius 1 is 0.272 bits per heavy atom. The molecule has 0 saturated carbocycles. The number of ether oxygens (including phenoxy) is 4. The van der Waals surface area contributed by atoms with E-state index in [1.165, 1.54) is 270 Å². The van der Waals surface area contributed by atoms with Crippen LogP contribution in [0.5, 0.6) is 0 Å². The zero-order valence-electron chi connectivity index (χ0n) is 67.5. The normalized spacial score (nSPS) is 14.1. The maximum Gasteiger partial charge on any atom is 0.472 e. The number of aliphatic hydroxyl groups is 1. The van der Waals surface area contributed by atoms with Gasteiger partial charge < -0.3 is 33.8 Å². The van der Waals surface area contributed by atoms with Gasteiger partial charge in [0.25, 0.3) is 0 Å². The second-order valence-corrected chi connectivity index (χ2v) is 33.4. The lowest BCUT2D eigenvalue weighted by molar-refractivity contribution is -0.161.